The van der Waals surface area contributed by atoms with Gasteiger partial charge in [-0.2, -0.15) is 0 Å². The molecule has 126 valence electrons. The Balaban J connectivity index is 2.00. The van der Waals surface area contributed by atoms with Crippen LogP contribution in [0.5, 0.6) is 0 Å². The molecule has 7 heteroatoms. The van der Waals surface area contributed by atoms with Crippen LogP contribution in [0.2, 0.25) is 5.02 Å². The molecule has 1 saturated heterocycles. The van der Waals surface area contributed by atoms with E-state index in [4.69, 9.17) is 23.8 Å². The molecule has 0 bridgehead atoms. The molecule has 0 saturated carbocycles. The molecular formula is C18H14ClN3O2S. The van der Waals surface area contributed by atoms with Gasteiger partial charge in [0, 0.05) is 29.1 Å². The number of nitrogens with one attached hydrogen (secondary N) is 1. The summed E-state index contributed by atoms with van der Waals surface area (Å²) in [6.07, 6.45) is 4.94. The highest BCUT2D eigenvalue weighted by atomic mass is 35.5. The zero-order valence-corrected chi connectivity index (χ0v) is 14.7. The zero-order chi connectivity index (χ0) is 18.0. The van der Waals surface area contributed by atoms with Gasteiger partial charge in [-0.3, -0.25) is 19.8 Å². The maximum absolute atomic E-state index is 12.6. The van der Waals surface area contributed by atoms with Crippen molar-refractivity contribution in [3.63, 3.8) is 0 Å². The van der Waals surface area contributed by atoms with Crippen molar-refractivity contribution in [3.05, 3.63) is 71.5 Å². The number of thiocarbonyl (C=S) groups is 1. The summed E-state index contributed by atoms with van der Waals surface area (Å²) < 4.78 is 1.86. The van der Waals surface area contributed by atoms with Crippen molar-refractivity contribution in [2.75, 3.05) is 6.54 Å². The van der Waals surface area contributed by atoms with E-state index in [1.54, 1.807) is 24.3 Å². The van der Waals surface area contributed by atoms with Crippen molar-refractivity contribution in [2.45, 2.75) is 0 Å². The molecule has 0 unspecified atom stereocenters. The first-order chi connectivity index (χ1) is 12.0. The SMILES string of the molecule is C=CCN1C(=O)C(=Cc2cccn2-c2ccc(Cl)cc2)C(=O)NC1=S. The van der Waals surface area contributed by atoms with Crippen LogP contribution in [0.1, 0.15) is 5.69 Å². The topological polar surface area (TPSA) is 54.3 Å². The number of carbonyl (C=O) groups is 2. The third-order valence-electron chi connectivity index (χ3n) is 3.67. The predicted molar refractivity (Wildman–Crippen MR) is 101 cm³/mol. The number of carbonyl (C=O) groups excluding carboxylic acids is 2. The maximum atomic E-state index is 12.6. The van der Waals surface area contributed by atoms with Crippen molar-refractivity contribution in [2.24, 2.45) is 0 Å². The molecule has 25 heavy (non-hydrogen) atoms. The molecule has 0 atom stereocenters. The summed E-state index contributed by atoms with van der Waals surface area (Å²) in [6, 6.07) is 10.9. The number of amides is 2. The number of rotatable bonds is 4. The Kier molecular flexibility index (Phi) is 4.83. The van der Waals surface area contributed by atoms with Crippen molar-refractivity contribution in [3.8, 4) is 5.69 Å². The molecule has 0 radical (unpaired) electrons. The Labute approximate surface area is 155 Å². The van der Waals surface area contributed by atoms with Gasteiger partial charge in [0.1, 0.15) is 5.57 Å². The van der Waals surface area contributed by atoms with Crippen molar-refractivity contribution < 1.29 is 9.59 Å². The smallest absolute Gasteiger partial charge is 0.266 e. The number of aromatic nitrogens is 1. The van der Waals surface area contributed by atoms with E-state index >= 15 is 0 Å². The van der Waals surface area contributed by atoms with Crippen LogP contribution in [0, 0.1) is 0 Å². The summed E-state index contributed by atoms with van der Waals surface area (Å²) in [4.78, 5) is 26.1. The molecule has 1 N–H and O–H groups in total. The normalized spacial score (nSPS) is 16.3. The van der Waals surface area contributed by atoms with Crippen LogP contribution in [0.4, 0.5) is 0 Å². The monoisotopic (exact) mass is 371 g/mol. The molecule has 5 nitrogen and oxygen atoms in total. The van der Waals surface area contributed by atoms with Gasteiger partial charge in [0.2, 0.25) is 0 Å². The lowest BCUT2D eigenvalue weighted by Gasteiger charge is -2.27. The second-order valence-corrected chi connectivity index (χ2v) is 6.12. The van der Waals surface area contributed by atoms with Gasteiger partial charge < -0.3 is 4.57 Å². The molecule has 1 aromatic carbocycles. The molecule has 2 heterocycles. The van der Waals surface area contributed by atoms with Gasteiger partial charge in [0.25, 0.3) is 11.8 Å². The van der Waals surface area contributed by atoms with Crippen LogP contribution in [-0.2, 0) is 9.59 Å². The minimum absolute atomic E-state index is 0.0179. The zero-order valence-electron chi connectivity index (χ0n) is 13.1. The van der Waals surface area contributed by atoms with Gasteiger partial charge in [-0.05, 0) is 54.7 Å². The predicted octanol–water partition coefficient (Wildman–Crippen LogP) is 2.94. The van der Waals surface area contributed by atoms with Crippen LogP contribution >= 0.6 is 23.8 Å². The van der Waals surface area contributed by atoms with Gasteiger partial charge in [0.15, 0.2) is 5.11 Å². The van der Waals surface area contributed by atoms with Gasteiger partial charge >= 0.3 is 0 Å². The first-order valence-corrected chi connectivity index (χ1v) is 8.23. The summed E-state index contributed by atoms with van der Waals surface area (Å²) in [7, 11) is 0. The highest BCUT2D eigenvalue weighted by Crippen LogP contribution is 2.20. The number of halogens is 1. The second kappa shape index (κ2) is 7.04. The molecular weight excluding hydrogens is 358 g/mol. The summed E-state index contributed by atoms with van der Waals surface area (Å²) in [6.45, 7) is 3.83. The first kappa shape index (κ1) is 17.1. The fourth-order valence-corrected chi connectivity index (χ4v) is 2.86. The lowest BCUT2D eigenvalue weighted by atomic mass is 10.1. The van der Waals surface area contributed by atoms with E-state index in [2.05, 4.69) is 11.9 Å². The summed E-state index contributed by atoms with van der Waals surface area (Å²) in [5, 5.41) is 3.24. The average Bonchev–Trinajstić information content (AvgIpc) is 3.04. The quantitative estimate of drug-likeness (QED) is 0.389. The first-order valence-electron chi connectivity index (χ1n) is 7.44. The van der Waals surface area contributed by atoms with Gasteiger partial charge in [-0.15, -0.1) is 6.58 Å². The number of hydrogen-bond donors (Lipinski definition) is 1. The molecule has 1 aromatic heterocycles. The third kappa shape index (κ3) is 3.40. The van der Waals surface area contributed by atoms with Crippen molar-refractivity contribution in [1.82, 2.24) is 14.8 Å². The van der Waals surface area contributed by atoms with E-state index in [1.165, 1.54) is 4.90 Å². The second-order valence-electron chi connectivity index (χ2n) is 5.30. The fourth-order valence-electron chi connectivity index (χ4n) is 2.49. The van der Waals surface area contributed by atoms with Crippen LogP contribution in [0.15, 0.2) is 60.8 Å². The minimum Gasteiger partial charge on any atom is -0.317 e. The van der Waals surface area contributed by atoms with Crippen LogP contribution < -0.4 is 5.32 Å². The van der Waals surface area contributed by atoms with E-state index in [-0.39, 0.29) is 17.2 Å². The summed E-state index contributed by atoms with van der Waals surface area (Å²) in [5.74, 6) is -0.961. The Morgan fingerprint density at radius 3 is 2.60 bits per heavy atom. The molecule has 2 aromatic rings. The molecule has 1 aliphatic rings. The van der Waals surface area contributed by atoms with Crippen LogP contribution in [-0.4, -0.2) is 32.9 Å². The molecule has 3 rings (SSSR count). The van der Waals surface area contributed by atoms with E-state index in [0.717, 1.165) is 5.69 Å². The van der Waals surface area contributed by atoms with E-state index < -0.39 is 11.8 Å². The third-order valence-corrected chi connectivity index (χ3v) is 4.25. The minimum atomic E-state index is -0.515. The molecule has 0 aliphatic carbocycles. The highest BCUT2D eigenvalue weighted by Gasteiger charge is 2.32. The largest absolute Gasteiger partial charge is 0.317 e. The molecule has 0 spiro atoms. The number of nitrogens with zero attached hydrogens (tertiary/aromatic N) is 2. The Hall–Kier alpha value is -2.70. The lowest BCUT2D eigenvalue weighted by Crippen LogP contribution is -2.53. The Morgan fingerprint density at radius 2 is 1.92 bits per heavy atom. The van der Waals surface area contributed by atoms with Gasteiger partial charge in [0.05, 0.1) is 0 Å². The molecule has 1 aliphatic heterocycles. The molecule has 2 amide bonds. The number of hydrogen-bond acceptors (Lipinski definition) is 3. The van der Waals surface area contributed by atoms with Crippen molar-refractivity contribution in [1.29, 1.82) is 0 Å². The van der Waals surface area contributed by atoms with Crippen molar-refractivity contribution >= 4 is 46.8 Å². The van der Waals surface area contributed by atoms with Crippen LogP contribution in [0.3, 0.4) is 0 Å². The summed E-state index contributed by atoms with van der Waals surface area (Å²) >= 11 is 11.0. The summed E-state index contributed by atoms with van der Waals surface area (Å²) in [5.41, 5.74) is 1.57. The van der Waals surface area contributed by atoms with Gasteiger partial charge in [-0.1, -0.05) is 17.7 Å². The van der Waals surface area contributed by atoms with E-state index in [0.29, 0.717) is 10.7 Å². The molecule has 1 fully saturated rings. The van der Waals surface area contributed by atoms with E-state index in [9.17, 15) is 9.59 Å². The van der Waals surface area contributed by atoms with Gasteiger partial charge in [-0.25, -0.2) is 0 Å². The standard InChI is InChI=1S/C18H14ClN3O2S/c1-2-9-22-17(24)15(16(23)20-18(22)25)11-14-4-3-10-21(14)13-7-5-12(19)6-8-13/h2-8,10-11H,1,9H2,(H,20,23,25). The fraction of sp³-hybridized carbons (Fsp3) is 0.0556. The maximum Gasteiger partial charge on any atom is 0.266 e. The highest BCUT2D eigenvalue weighted by molar-refractivity contribution is 7.80. The average molecular weight is 372 g/mol. The Bertz CT molecular complexity index is 899. The lowest BCUT2D eigenvalue weighted by molar-refractivity contribution is -0.128. The Morgan fingerprint density at radius 1 is 1.20 bits per heavy atom. The number of benzene rings is 1. The van der Waals surface area contributed by atoms with Crippen LogP contribution in [0.25, 0.3) is 11.8 Å². The van der Waals surface area contributed by atoms with E-state index in [1.807, 2.05) is 35.0 Å².